The molecule has 0 saturated heterocycles. The van der Waals surface area contributed by atoms with Gasteiger partial charge in [-0.1, -0.05) is 41.4 Å². The Kier molecular flexibility index (Phi) is 6.25. The Morgan fingerprint density at radius 2 is 1.75 bits per heavy atom. The number of hydrogen-bond donors (Lipinski definition) is 3. The van der Waals surface area contributed by atoms with Crippen LogP contribution in [-0.2, 0) is 6.54 Å². The fraction of sp³-hybridized carbons (Fsp3) is 0.0417. The van der Waals surface area contributed by atoms with Crippen molar-refractivity contribution in [3.05, 3.63) is 110 Å². The Morgan fingerprint density at radius 3 is 2.50 bits per heavy atom. The highest BCUT2D eigenvalue weighted by molar-refractivity contribution is 6.31. The highest BCUT2D eigenvalue weighted by atomic mass is 35.5. The minimum absolute atomic E-state index is 0.0425. The van der Waals surface area contributed by atoms with Crippen molar-refractivity contribution in [3.8, 4) is 0 Å². The first-order valence-electron chi connectivity index (χ1n) is 9.63. The molecule has 32 heavy (non-hydrogen) atoms. The minimum atomic E-state index is -0.494. The summed E-state index contributed by atoms with van der Waals surface area (Å²) >= 11 is 12.0. The normalized spacial score (nSPS) is 11.5. The third-order valence-electron chi connectivity index (χ3n) is 4.79. The molecule has 4 aromatic rings. The summed E-state index contributed by atoms with van der Waals surface area (Å²) in [6, 6.07) is 18.6. The number of nitrogens with zero attached hydrogens (tertiary/aromatic N) is 1. The van der Waals surface area contributed by atoms with E-state index < -0.39 is 5.56 Å². The van der Waals surface area contributed by atoms with Crippen molar-refractivity contribution in [2.24, 2.45) is 0 Å². The number of amides is 1. The van der Waals surface area contributed by atoms with Gasteiger partial charge in [-0.15, -0.1) is 0 Å². The molecule has 0 aliphatic rings. The van der Waals surface area contributed by atoms with Gasteiger partial charge in [0.25, 0.3) is 11.5 Å². The molecule has 1 heterocycles. The van der Waals surface area contributed by atoms with Crippen LogP contribution in [0, 0.1) is 0 Å². The van der Waals surface area contributed by atoms with Gasteiger partial charge in [-0.2, -0.15) is 0 Å². The fourth-order valence-electron chi connectivity index (χ4n) is 3.09. The Bertz CT molecular complexity index is 1400. The van der Waals surface area contributed by atoms with Gasteiger partial charge in [-0.3, -0.25) is 9.59 Å². The zero-order valence-electron chi connectivity index (χ0n) is 16.6. The van der Waals surface area contributed by atoms with Gasteiger partial charge in [-0.05, 0) is 54.1 Å². The van der Waals surface area contributed by atoms with E-state index in [9.17, 15) is 14.7 Å². The molecule has 160 valence electrons. The van der Waals surface area contributed by atoms with Crippen LogP contribution < -0.4 is 10.9 Å². The number of fused-ring (bicyclic) bond motifs is 1. The first kappa shape index (κ1) is 21.6. The van der Waals surface area contributed by atoms with E-state index in [1.165, 1.54) is 6.08 Å². The van der Waals surface area contributed by atoms with Crippen LogP contribution in [0.4, 0.5) is 0 Å². The van der Waals surface area contributed by atoms with E-state index in [1.807, 2.05) is 18.2 Å². The molecule has 0 spiro atoms. The van der Waals surface area contributed by atoms with Crippen molar-refractivity contribution in [1.82, 2.24) is 15.3 Å². The standard InChI is InChI=1S/C24H17Cl2N3O3/c25-17-8-5-14(6-9-17)22(30)12-21-24(32)29-20-11-15(7-10-19(20)28-21)23(31)27-13-16-3-1-2-4-18(16)26/h1-12,30H,13H2,(H,27,31)(H,29,32)/b22-12-. The van der Waals surface area contributed by atoms with Crippen LogP contribution in [-0.4, -0.2) is 21.0 Å². The lowest BCUT2D eigenvalue weighted by Crippen LogP contribution is -2.23. The number of benzene rings is 3. The number of rotatable bonds is 5. The fourth-order valence-corrected chi connectivity index (χ4v) is 3.42. The van der Waals surface area contributed by atoms with Gasteiger partial charge < -0.3 is 15.4 Å². The Balaban J connectivity index is 1.57. The lowest BCUT2D eigenvalue weighted by molar-refractivity contribution is 0.0951. The Hall–Kier alpha value is -3.61. The van der Waals surface area contributed by atoms with E-state index in [0.717, 1.165) is 5.56 Å². The van der Waals surface area contributed by atoms with Gasteiger partial charge in [-0.25, -0.2) is 4.98 Å². The van der Waals surface area contributed by atoms with Crippen molar-refractivity contribution in [2.75, 3.05) is 0 Å². The SMILES string of the molecule is O=C(NCc1ccccc1Cl)c1ccc2nc(/C=C(\O)c3ccc(Cl)cc3)c(=O)[nH]c2c1. The predicted molar refractivity (Wildman–Crippen MR) is 127 cm³/mol. The molecule has 6 nitrogen and oxygen atoms in total. The van der Waals surface area contributed by atoms with Crippen molar-refractivity contribution in [2.45, 2.75) is 6.54 Å². The second-order valence-electron chi connectivity index (χ2n) is 6.99. The number of aromatic amines is 1. The van der Waals surface area contributed by atoms with E-state index in [1.54, 1.807) is 48.5 Å². The van der Waals surface area contributed by atoms with Crippen LogP contribution in [0.25, 0.3) is 22.9 Å². The number of hydrogen-bond acceptors (Lipinski definition) is 4. The molecule has 0 radical (unpaired) electrons. The maximum Gasteiger partial charge on any atom is 0.274 e. The van der Waals surface area contributed by atoms with E-state index >= 15 is 0 Å². The molecular formula is C24H17Cl2N3O3. The number of aromatic nitrogens is 2. The summed E-state index contributed by atoms with van der Waals surface area (Å²) in [6.07, 6.45) is 1.28. The van der Waals surface area contributed by atoms with Crippen LogP contribution in [0.15, 0.2) is 71.5 Å². The van der Waals surface area contributed by atoms with Gasteiger partial charge in [0.05, 0.1) is 11.0 Å². The van der Waals surface area contributed by atoms with Crippen LogP contribution in [0.2, 0.25) is 10.0 Å². The minimum Gasteiger partial charge on any atom is -0.507 e. The van der Waals surface area contributed by atoms with E-state index in [2.05, 4.69) is 15.3 Å². The van der Waals surface area contributed by atoms with Crippen LogP contribution >= 0.6 is 23.2 Å². The zero-order chi connectivity index (χ0) is 22.7. The molecule has 0 fully saturated rings. The van der Waals surface area contributed by atoms with E-state index in [4.69, 9.17) is 23.2 Å². The number of nitrogens with one attached hydrogen (secondary N) is 2. The van der Waals surface area contributed by atoms with Crippen LogP contribution in [0.5, 0.6) is 0 Å². The molecule has 0 aliphatic heterocycles. The van der Waals surface area contributed by atoms with Gasteiger partial charge in [0.2, 0.25) is 0 Å². The van der Waals surface area contributed by atoms with Crippen LogP contribution in [0.3, 0.4) is 0 Å². The van der Waals surface area contributed by atoms with Gasteiger partial charge >= 0.3 is 0 Å². The summed E-state index contributed by atoms with van der Waals surface area (Å²) in [5, 5.41) is 14.2. The molecule has 0 saturated carbocycles. The average Bonchev–Trinajstić information content (AvgIpc) is 2.79. The molecule has 4 rings (SSSR count). The molecule has 0 bridgehead atoms. The van der Waals surface area contributed by atoms with Crippen LogP contribution in [0.1, 0.15) is 27.2 Å². The molecule has 0 atom stereocenters. The van der Waals surface area contributed by atoms with E-state index in [-0.39, 0.29) is 23.9 Å². The molecular weight excluding hydrogens is 449 g/mol. The Labute approximate surface area is 193 Å². The van der Waals surface area contributed by atoms with Gasteiger partial charge in [0, 0.05) is 33.8 Å². The second-order valence-corrected chi connectivity index (χ2v) is 7.84. The smallest absolute Gasteiger partial charge is 0.274 e. The molecule has 0 unspecified atom stereocenters. The zero-order valence-corrected chi connectivity index (χ0v) is 18.1. The highest BCUT2D eigenvalue weighted by Crippen LogP contribution is 2.18. The predicted octanol–water partition coefficient (Wildman–Crippen LogP) is 5.22. The first-order chi connectivity index (χ1) is 15.4. The molecule has 0 aliphatic carbocycles. The van der Waals surface area contributed by atoms with Crippen molar-refractivity contribution in [1.29, 1.82) is 0 Å². The summed E-state index contributed by atoms with van der Waals surface area (Å²) in [7, 11) is 0. The molecule has 3 aromatic carbocycles. The third kappa shape index (κ3) is 4.82. The molecule has 3 N–H and O–H groups in total. The summed E-state index contributed by atoms with van der Waals surface area (Å²) in [6.45, 7) is 0.277. The lowest BCUT2D eigenvalue weighted by Gasteiger charge is -2.08. The largest absolute Gasteiger partial charge is 0.507 e. The number of aliphatic hydroxyl groups is 1. The summed E-state index contributed by atoms with van der Waals surface area (Å²) in [4.78, 5) is 32.0. The monoisotopic (exact) mass is 465 g/mol. The topological polar surface area (TPSA) is 95.1 Å². The van der Waals surface area contributed by atoms with Crippen molar-refractivity contribution in [3.63, 3.8) is 0 Å². The number of carbonyl (C=O) groups excluding carboxylic acids is 1. The lowest BCUT2D eigenvalue weighted by atomic mass is 10.1. The summed E-state index contributed by atoms with van der Waals surface area (Å²) in [5.74, 6) is -0.424. The van der Waals surface area contributed by atoms with Gasteiger partial charge in [0.15, 0.2) is 0 Å². The van der Waals surface area contributed by atoms with E-state index in [0.29, 0.717) is 32.2 Å². The molecule has 8 heteroatoms. The van der Waals surface area contributed by atoms with Gasteiger partial charge in [0.1, 0.15) is 11.5 Å². The average molecular weight is 466 g/mol. The number of aliphatic hydroxyl groups excluding tert-OH is 1. The Morgan fingerprint density at radius 1 is 1.03 bits per heavy atom. The second kappa shape index (κ2) is 9.26. The molecule has 1 amide bonds. The third-order valence-corrected chi connectivity index (χ3v) is 5.41. The summed E-state index contributed by atoms with van der Waals surface area (Å²) < 4.78 is 0. The molecule has 1 aromatic heterocycles. The maximum atomic E-state index is 12.5. The first-order valence-corrected chi connectivity index (χ1v) is 10.4. The van der Waals surface area contributed by atoms with Crippen molar-refractivity contribution < 1.29 is 9.90 Å². The number of H-pyrrole nitrogens is 1. The maximum absolute atomic E-state index is 12.5. The number of halogens is 2. The quantitative estimate of drug-likeness (QED) is 0.352. The number of carbonyl (C=O) groups is 1. The van der Waals surface area contributed by atoms with Crippen molar-refractivity contribution >= 4 is 52.0 Å². The highest BCUT2D eigenvalue weighted by Gasteiger charge is 2.11. The summed E-state index contributed by atoms with van der Waals surface area (Å²) in [5.41, 5.74) is 2.10.